The quantitative estimate of drug-likeness (QED) is 0.369. The third-order valence-electron chi connectivity index (χ3n) is 6.16. The molecule has 1 aliphatic carbocycles. The van der Waals surface area contributed by atoms with Crippen LogP contribution in [0.5, 0.6) is 0 Å². The highest BCUT2D eigenvalue weighted by Gasteiger charge is 2.48. The van der Waals surface area contributed by atoms with E-state index in [1.165, 1.54) is 28.7 Å². The Morgan fingerprint density at radius 2 is 1.81 bits per heavy atom. The molecule has 0 saturated carbocycles. The van der Waals surface area contributed by atoms with Crippen molar-refractivity contribution in [1.82, 2.24) is 0 Å². The fraction of sp³-hybridized carbons (Fsp3) is 0.231. The van der Waals surface area contributed by atoms with E-state index >= 15 is 0 Å². The maximum Gasteiger partial charge on any atom is 0.300 e. The molecule has 2 aliphatic rings. The number of aryl methyl sites for hydroxylation is 3. The summed E-state index contributed by atoms with van der Waals surface area (Å²) in [7, 11) is 0. The van der Waals surface area contributed by atoms with Crippen LogP contribution in [0.15, 0.2) is 70.9 Å². The maximum absolute atomic E-state index is 13.1. The van der Waals surface area contributed by atoms with Gasteiger partial charge in [-0.3, -0.25) is 14.5 Å². The van der Waals surface area contributed by atoms with Crippen LogP contribution in [0, 0.1) is 6.92 Å². The summed E-state index contributed by atoms with van der Waals surface area (Å²) in [6, 6.07) is 15.8. The van der Waals surface area contributed by atoms with Crippen LogP contribution in [-0.2, 0) is 22.4 Å². The molecule has 5 heteroatoms. The smallest absolute Gasteiger partial charge is 0.300 e. The van der Waals surface area contributed by atoms with Crippen molar-refractivity contribution in [2.45, 2.75) is 38.6 Å². The van der Waals surface area contributed by atoms with Gasteiger partial charge in [-0.15, -0.1) is 0 Å². The van der Waals surface area contributed by atoms with Gasteiger partial charge in [0.15, 0.2) is 0 Å². The minimum atomic E-state index is -0.826. The molecule has 1 saturated heterocycles. The number of furan rings is 1. The lowest BCUT2D eigenvalue weighted by Gasteiger charge is -2.24. The first-order chi connectivity index (χ1) is 15.0. The molecule has 0 radical (unpaired) electrons. The number of ketones is 1. The average Bonchev–Trinajstić information content (AvgIpc) is 3.40. The predicted octanol–water partition coefficient (Wildman–Crippen LogP) is 5.09. The molecule has 2 heterocycles. The van der Waals surface area contributed by atoms with E-state index in [4.69, 9.17) is 4.42 Å². The first-order valence-electron chi connectivity index (χ1n) is 10.6. The number of hydrogen-bond acceptors (Lipinski definition) is 4. The van der Waals surface area contributed by atoms with Gasteiger partial charge in [0, 0.05) is 11.3 Å². The van der Waals surface area contributed by atoms with E-state index in [1.54, 1.807) is 18.2 Å². The summed E-state index contributed by atoms with van der Waals surface area (Å²) in [5.41, 5.74) is 4.64. The third kappa shape index (κ3) is 3.26. The molecule has 3 aromatic rings. The van der Waals surface area contributed by atoms with Crippen molar-refractivity contribution in [1.29, 1.82) is 0 Å². The van der Waals surface area contributed by atoms with Gasteiger partial charge >= 0.3 is 0 Å². The number of carbonyl (C=O) groups excluding carboxylic acids is 2. The Bertz CT molecular complexity index is 1210. The van der Waals surface area contributed by atoms with E-state index < -0.39 is 17.7 Å². The highest BCUT2D eigenvalue weighted by atomic mass is 16.3. The van der Waals surface area contributed by atoms with E-state index in [-0.39, 0.29) is 11.3 Å². The number of aliphatic hydroxyl groups excluding tert-OH is 1. The van der Waals surface area contributed by atoms with Crippen molar-refractivity contribution in [3.05, 3.63) is 94.4 Å². The standard InChI is InChI=1S/C26H23NO4/c1-16-6-4-9-20(14-16)27-23(21-10-5-13-31-21)22(25(29)26(27)30)24(28)19-12-11-17-7-2-3-8-18(17)15-19/h4-6,9-15,23,28H,2-3,7-8H2,1H3/b24-22-. The number of carbonyl (C=O) groups is 2. The number of fused-ring (bicyclic) bond motifs is 1. The van der Waals surface area contributed by atoms with E-state index in [1.807, 2.05) is 43.3 Å². The van der Waals surface area contributed by atoms with Crippen molar-refractivity contribution in [2.24, 2.45) is 0 Å². The Balaban J connectivity index is 1.68. The molecule has 1 fully saturated rings. The minimum Gasteiger partial charge on any atom is -0.507 e. The fourth-order valence-corrected chi connectivity index (χ4v) is 4.63. The summed E-state index contributed by atoms with van der Waals surface area (Å²) in [6.45, 7) is 1.93. The molecule has 1 aliphatic heterocycles. The number of nitrogens with zero attached hydrogens (tertiary/aromatic N) is 1. The summed E-state index contributed by atoms with van der Waals surface area (Å²) in [5.74, 6) is -1.12. The van der Waals surface area contributed by atoms with E-state index in [0.717, 1.165) is 24.8 Å². The lowest BCUT2D eigenvalue weighted by atomic mass is 9.89. The zero-order chi connectivity index (χ0) is 21.5. The number of aliphatic hydroxyl groups is 1. The van der Waals surface area contributed by atoms with Gasteiger partial charge in [0.1, 0.15) is 17.6 Å². The Hall–Kier alpha value is -3.60. The van der Waals surface area contributed by atoms with Gasteiger partial charge in [-0.2, -0.15) is 0 Å². The number of hydrogen-bond donors (Lipinski definition) is 1. The molecule has 1 amide bonds. The van der Waals surface area contributed by atoms with Gasteiger partial charge in [0.25, 0.3) is 11.7 Å². The van der Waals surface area contributed by atoms with Gasteiger partial charge in [-0.05, 0) is 79.6 Å². The summed E-state index contributed by atoms with van der Waals surface area (Å²) < 4.78 is 5.61. The van der Waals surface area contributed by atoms with Gasteiger partial charge in [-0.1, -0.05) is 24.3 Å². The Morgan fingerprint density at radius 3 is 2.55 bits per heavy atom. The van der Waals surface area contributed by atoms with Crippen LogP contribution in [0.2, 0.25) is 0 Å². The highest BCUT2D eigenvalue weighted by Crippen LogP contribution is 2.42. The molecule has 2 aromatic carbocycles. The molecule has 0 spiro atoms. The van der Waals surface area contributed by atoms with E-state index in [0.29, 0.717) is 17.0 Å². The highest BCUT2D eigenvalue weighted by molar-refractivity contribution is 6.51. The first kappa shape index (κ1) is 19.4. The summed E-state index contributed by atoms with van der Waals surface area (Å²) in [6.07, 6.45) is 5.76. The van der Waals surface area contributed by atoms with Crippen molar-refractivity contribution in [3.63, 3.8) is 0 Å². The van der Waals surface area contributed by atoms with Gasteiger partial charge in [0.05, 0.1) is 11.8 Å². The number of anilines is 1. The second kappa shape index (κ2) is 7.58. The first-order valence-corrected chi connectivity index (χ1v) is 10.6. The molecule has 0 bridgehead atoms. The zero-order valence-corrected chi connectivity index (χ0v) is 17.3. The largest absolute Gasteiger partial charge is 0.507 e. The van der Waals surface area contributed by atoms with Crippen molar-refractivity contribution in [2.75, 3.05) is 4.90 Å². The van der Waals surface area contributed by atoms with Crippen LogP contribution in [0.4, 0.5) is 5.69 Å². The van der Waals surface area contributed by atoms with E-state index in [9.17, 15) is 14.7 Å². The maximum atomic E-state index is 13.1. The summed E-state index contributed by atoms with van der Waals surface area (Å²) in [4.78, 5) is 27.6. The van der Waals surface area contributed by atoms with Gasteiger partial charge in [0.2, 0.25) is 0 Å². The topological polar surface area (TPSA) is 70.8 Å². The van der Waals surface area contributed by atoms with Crippen LogP contribution in [-0.4, -0.2) is 16.8 Å². The molecule has 1 aromatic heterocycles. The Kier molecular flexibility index (Phi) is 4.74. The normalized spacial score (nSPS) is 20.2. The minimum absolute atomic E-state index is 0.0530. The second-order valence-electron chi connectivity index (χ2n) is 8.21. The second-order valence-corrected chi connectivity index (χ2v) is 8.21. The van der Waals surface area contributed by atoms with E-state index in [2.05, 4.69) is 0 Å². The molecule has 31 heavy (non-hydrogen) atoms. The van der Waals surface area contributed by atoms with Gasteiger partial charge < -0.3 is 9.52 Å². The number of benzene rings is 2. The van der Waals surface area contributed by atoms with Crippen molar-refractivity contribution >= 4 is 23.1 Å². The lowest BCUT2D eigenvalue weighted by Crippen LogP contribution is -2.29. The Morgan fingerprint density at radius 1 is 1.00 bits per heavy atom. The SMILES string of the molecule is Cc1cccc(N2C(=O)C(=O)/C(=C(\O)c3ccc4c(c3)CCCC4)C2c2ccco2)c1. The van der Waals surface area contributed by atoms with Crippen molar-refractivity contribution < 1.29 is 19.1 Å². The summed E-state index contributed by atoms with van der Waals surface area (Å²) >= 11 is 0. The van der Waals surface area contributed by atoms with Crippen LogP contribution in [0.1, 0.15) is 46.9 Å². The zero-order valence-electron chi connectivity index (χ0n) is 17.3. The fourth-order valence-electron chi connectivity index (χ4n) is 4.63. The Labute approximate surface area is 180 Å². The molecule has 156 valence electrons. The molecule has 5 nitrogen and oxygen atoms in total. The van der Waals surface area contributed by atoms with Gasteiger partial charge in [-0.25, -0.2) is 0 Å². The third-order valence-corrected chi connectivity index (χ3v) is 6.16. The van der Waals surface area contributed by atoms with Crippen LogP contribution in [0.3, 0.4) is 0 Å². The number of Topliss-reactive ketones (excluding diaryl/α,β-unsaturated/α-hetero) is 1. The predicted molar refractivity (Wildman–Crippen MR) is 118 cm³/mol. The molecule has 5 rings (SSSR count). The number of rotatable bonds is 3. The molecule has 1 unspecified atom stereocenters. The molecular weight excluding hydrogens is 390 g/mol. The number of amides is 1. The molecule has 1 atom stereocenters. The molecular formula is C26H23NO4. The monoisotopic (exact) mass is 413 g/mol. The van der Waals surface area contributed by atoms with Crippen molar-refractivity contribution in [3.8, 4) is 0 Å². The lowest BCUT2D eigenvalue weighted by molar-refractivity contribution is -0.132. The van der Waals surface area contributed by atoms with Crippen LogP contribution >= 0.6 is 0 Å². The van der Waals surface area contributed by atoms with Crippen LogP contribution < -0.4 is 4.90 Å². The van der Waals surface area contributed by atoms with Crippen LogP contribution in [0.25, 0.3) is 5.76 Å². The molecule has 1 N–H and O–H groups in total. The average molecular weight is 413 g/mol. The summed E-state index contributed by atoms with van der Waals surface area (Å²) in [5, 5.41) is 11.2.